The van der Waals surface area contributed by atoms with E-state index in [1.165, 1.54) is 0 Å². The number of likely N-dealkylation sites (N-methyl/N-ethyl adjacent to an activating group) is 3. The SMILES string of the molecule is CNCCN(CCNC)C(=O)CNC. The molecule has 0 spiro atoms. The predicted molar refractivity (Wildman–Crippen MR) is 58.4 cm³/mol. The number of nitrogens with zero attached hydrogens (tertiary/aromatic N) is 1. The van der Waals surface area contributed by atoms with Crippen molar-refractivity contribution in [2.24, 2.45) is 0 Å². The van der Waals surface area contributed by atoms with Gasteiger partial charge in [0.2, 0.25) is 5.91 Å². The number of nitrogens with one attached hydrogen (secondary N) is 3. The lowest BCUT2D eigenvalue weighted by Gasteiger charge is -2.22. The Morgan fingerprint density at radius 1 is 1.00 bits per heavy atom. The number of amides is 1. The van der Waals surface area contributed by atoms with Crippen molar-refractivity contribution in [1.29, 1.82) is 0 Å². The van der Waals surface area contributed by atoms with E-state index in [1.807, 2.05) is 19.0 Å². The fourth-order valence-electron chi connectivity index (χ4n) is 1.12. The maximum Gasteiger partial charge on any atom is 0.236 e. The highest BCUT2D eigenvalue weighted by molar-refractivity contribution is 5.78. The van der Waals surface area contributed by atoms with Gasteiger partial charge >= 0.3 is 0 Å². The number of carbonyl (C=O) groups excluding carboxylic acids is 1. The van der Waals surface area contributed by atoms with Gasteiger partial charge < -0.3 is 20.9 Å². The topological polar surface area (TPSA) is 56.4 Å². The van der Waals surface area contributed by atoms with Gasteiger partial charge in [0.25, 0.3) is 0 Å². The summed E-state index contributed by atoms with van der Waals surface area (Å²) in [7, 11) is 5.56. The van der Waals surface area contributed by atoms with Crippen molar-refractivity contribution < 1.29 is 4.79 Å². The Labute approximate surface area is 86.2 Å². The lowest BCUT2D eigenvalue weighted by atomic mass is 10.4. The molecule has 0 saturated heterocycles. The van der Waals surface area contributed by atoms with Gasteiger partial charge in [0.15, 0.2) is 0 Å². The van der Waals surface area contributed by atoms with Crippen LogP contribution < -0.4 is 16.0 Å². The first-order valence-electron chi connectivity index (χ1n) is 4.97. The molecule has 0 aromatic rings. The first-order valence-corrected chi connectivity index (χ1v) is 4.97. The van der Waals surface area contributed by atoms with Crippen LogP contribution in [0.4, 0.5) is 0 Å². The summed E-state index contributed by atoms with van der Waals surface area (Å²) in [5.74, 6) is 0.151. The van der Waals surface area contributed by atoms with Crippen LogP contribution >= 0.6 is 0 Å². The molecule has 1 amide bonds. The average Bonchev–Trinajstić information content (AvgIpc) is 2.18. The average molecular weight is 202 g/mol. The molecular weight excluding hydrogens is 180 g/mol. The van der Waals surface area contributed by atoms with E-state index in [2.05, 4.69) is 16.0 Å². The first-order chi connectivity index (χ1) is 6.76. The van der Waals surface area contributed by atoms with Crippen LogP contribution in [0.2, 0.25) is 0 Å². The minimum Gasteiger partial charge on any atom is -0.339 e. The third kappa shape index (κ3) is 5.90. The Kier molecular flexibility index (Phi) is 8.51. The monoisotopic (exact) mass is 202 g/mol. The molecule has 0 radical (unpaired) electrons. The molecule has 84 valence electrons. The summed E-state index contributed by atoms with van der Waals surface area (Å²) in [6.07, 6.45) is 0. The minimum absolute atomic E-state index is 0.151. The quantitative estimate of drug-likeness (QED) is 0.447. The molecule has 0 fully saturated rings. The number of carbonyl (C=O) groups is 1. The number of rotatable bonds is 8. The third-order valence-electron chi connectivity index (χ3n) is 1.94. The molecule has 0 atom stereocenters. The van der Waals surface area contributed by atoms with Gasteiger partial charge in [-0.1, -0.05) is 0 Å². The summed E-state index contributed by atoms with van der Waals surface area (Å²) in [6, 6.07) is 0. The van der Waals surface area contributed by atoms with Gasteiger partial charge in [0.1, 0.15) is 0 Å². The molecule has 0 aliphatic carbocycles. The third-order valence-corrected chi connectivity index (χ3v) is 1.94. The molecule has 0 aliphatic rings. The highest BCUT2D eigenvalue weighted by Crippen LogP contribution is 1.87. The normalized spacial score (nSPS) is 10.2. The van der Waals surface area contributed by atoms with Gasteiger partial charge in [0, 0.05) is 26.2 Å². The van der Waals surface area contributed by atoms with Crippen molar-refractivity contribution in [3.05, 3.63) is 0 Å². The Hall–Kier alpha value is -0.650. The van der Waals surface area contributed by atoms with Gasteiger partial charge in [-0.3, -0.25) is 4.79 Å². The van der Waals surface area contributed by atoms with E-state index in [4.69, 9.17) is 0 Å². The maximum atomic E-state index is 11.6. The van der Waals surface area contributed by atoms with Crippen molar-refractivity contribution in [3.63, 3.8) is 0 Å². The van der Waals surface area contributed by atoms with Crippen LogP contribution in [0.15, 0.2) is 0 Å². The fraction of sp³-hybridized carbons (Fsp3) is 0.889. The minimum atomic E-state index is 0.151. The first kappa shape index (κ1) is 13.4. The second-order valence-electron chi connectivity index (χ2n) is 3.12. The Morgan fingerprint density at radius 2 is 1.50 bits per heavy atom. The Bertz CT molecular complexity index is 144. The molecule has 14 heavy (non-hydrogen) atoms. The van der Waals surface area contributed by atoms with E-state index in [9.17, 15) is 4.79 Å². The largest absolute Gasteiger partial charge is 0.339 e. The van der Waals surface area contributed by atoms with E-state index >= 15 is 0 Å². The molecule has 0 aliphatic heterocycles. The summed E-state index contributed by atoms with van der Waals surface area (Å²) in [4.78, 5) is 13.4. The number of hydrogen-bond acceptors (Lipinski definition) is 4. The van der Waals surface area contributed by atoms with Crippen LogP contribution in [0, 0.1) is 0 Å². The smallest absolute Gasteiger partial charge is 0.236 e. The second-order valence-corrected chi connectivity index (χ2v) is 3.12. The van der Waals surface area contributed by atoms with Gasteiger partial charge in [-0.05, 0) is 21.1 Å². The van der Waals surface area contributed by atoms with Crippen LogP contribution in [-0.4, -0.2) is 64.7 Å². The van der Waals surface area contributed by atoms with Gasteiger partial charge in [-0.25, -0.2) is 0 Å². The van der Waals surface area contributed by atoms with E-state index in [1.54, 1.807) is 7.05 Å². The van der Waals surface area contributed by atoms with Crippen molar-refractivity contribution in [2.45, 2.75) is 0 Å². The highest BCUT2D eigenvalue weighted by Gasteiger charge is 2.10. The second kappa shape index (κ2) is 8.93. The molecule has 5 heteroatoms. The molecule has 0 bridgehead atoms. The fourth-order valence-corrected chi connectivity index (χ4v) is 1.12. The molecule has 5 nitrogen and oxygen atoms in total. The highest BCUT2D eigenvalue weighted by atomic mass is 16.2. The standard InChI is InChI=1S/C9H22N4O/c1-10-4-6-13(7-5-11-2)9(14)8-12-3/h10-12H,4-8H2,1-3H3. The lowest BCUT2D eigenvalue weighted by Crippen LogP contribution is -2.43. The van der Waals surface area contributed by atoms with Crippen molar-refractivity contribution in [2.75, 3.05) is 53.9 Å². The lowest BCUT2D eigenvalue weighted by molar-refractivity contribution is -0.130. The molecule has 0 rings (SSSR count). The van der Waals surface area contributed by atoms with Crippen LogP contribution in [-0.2, 0) is 4.79 Å². The summed E-state index contributed by atoms with van der Waals surface area (Å²) in [5.41, 5.74) is 0. The molecule has 0 heterocycles. The molecule has 0 saturated carbocycles. The van der Waals surface area contributed by atoms with E-state index in [-0.39, 0.29) is 5.91 Å². The van der Waals surface area contributed by atoms with Crippen molar-refractivity contribution in [1.82, 2.24) is 20.9 Å². The van der Waals surface area contributed by atoms with Crippen LogP contribution in [0.5, 0.6) is 0 Å². The van der Waals surface area contributed by atoms with E-state index in [0.717, 1.165) is 26.2 Å². The zero-order valence-corrected chi connectivity index (χ0v) is 9.39. The summed E-state index contributed by atoms with van der Waals surface area (Å²) in [6.45, 7) is 3.60. The van der Waals surface area contributed by atoms with Gasteiger partial charge in [0.05, 0.1) is 6.54 Å². The predicted octanol–water partition coefficient (Wildman–Crippen LogP) is -1.53. The molecule has 0 unspecified atom stereocenters. The van der Waals surface area contributed by atoms with E-state index in [0.29, 0.717) is 6.54 Å². The van der Waals surface area contributed by atoms with Gasteiger partial charge in [-0.2, -0.15) is 0 Å². The summed E-state index contributed by atoms with van der Waals surface area (Å²) >= 11 is 0. The molecule has 3 N–H and O–H groups in total. The zero-order valence-electron chi connectivity index (χ0n) is 9.39. The zero-order chi connectivity index (χ0) is 10.8. The Morgan fingerprint density at radius 3 is 1.86 bits per heavy atom. The van der Waals surface area contributed by atoms with Crippen LogP contribution in [0.25, 0.3) is 0 Å². The molecule has 0 aromatic carbocycles. The van der Waals surface area contributed by atoms with Crippen molar-refractivity contribution >= 4 is 5.91 Å². The van der Waals surface area contributed by atoms with Crippen LogP contribution in [0.1, 0.15) is 0 Å². The summed E-state index contributed by atoms with van der Waals surface area (Å²) < 4.78 is 0. The van der Waals surface area contributed by atoms with Crippen LogP contribution in [0.3, 0.4) is 0 Å². The van der Waals surface area contributed by atoms with E-state index < -0.39 is 0 Å². The molecule has 0 aromatic heterocycles. The van der Waals surface area contributed by atoms with Gasteiger partial charge in [-0.15, -0.1) is 0 Å². The summed E-state index contributed by atoms with van der Waals surface area (Å²) in [5, 5.41) is 8.94. The number of hydrogen-bond donors (Lipinski definition) is 3. The Balaban J connectivity index is 3.88. The molecular formula is C9H22N4O. The maximum absolute atomic E-state index is 11.6. The van der Waals surface area contributed by atoms with Crippen molar-refractivity contribution in [3.8, 4) is 0 Å².